The Hall–Kier alpha value is -4.09. The average Bonchev–Trinajstić information content (AvgIpc) is 3.17. The van der Waals surface area contributed by atoms with Crippen molar-refractivity contribution in [2.75, 3.05) is 16.8 Å². The van der Waals surface area contributed by atoms with E-state index in [4.69, 9.17) is 4.74 Å². The second-order valence-electron chi connectivity index (χ2n) is 7.65. The van der Waals surface area contributed by atoms with E-state index in [2.05, 4.69) is 5.32 Å². The van der Waals surface area contributed by atoms with E-state index in [1.54, 1.807) is 60.7 Å². The van der Waals surface area contributed by atoms with E-state index in [-0.39, 0.29) is 22.3 Å². The lowest BCUT2D eigenvalue weighted by Crippen LogP contribution is -2.30. The van der Waals surface area contributed by atoms with E-state index in [1.807, 2.05) is 19.1 Å². The molecular formula is C27H22FN3O3S. The largest absolute Gasteiger partial charge is 0.494 e. The molecule has 3 aromatic carbocycles. The minimum atomic E-state index is -0.604. The number of para-hydroxylation sites is 1. The highest BCUT2D eigenvalue weighted by atomic mass is 32.2. The van der Waals surface area contributed by atoms with Crippen molar-refractivity contribution in [3.8, 4) is 11.8 Å². The van der Waals surface area contributed by atoms with Crippen molar-refractivity contribution in [1.82, 2.24) is 0 Å². The molecule has 0 saturated carbocycles. The molecule has 0 aliphatic carbocycles. The molecule has 1 unspecified atom stereocenters. The van der Waals surface area contributed by atoms with Gasteiger partial charge in [0.15, 0.2) is 0 Å². The number of hydrogen-bond donors (Lipinski definition) is 1. The molecule has 1 N–H and O–H groups in total. The van der Waals surface area contributed by atoms with Crippen molar-refractivity contribution in [3.05, 3.63) is 101 Å². The lowest BCUT2D eigenvalue weighted by molar-refractivity contribution is -0.117. The monoisotopic (exact) mass is 487 g/mol. The Morgan fingerprint density at radius 3 is 2.40 bits per heavy atom. The Balaban J connectivity index is 1.71. The maximum Gasteiger partial charge on any atom is 0.269 e. The zero-order valence-corrected chi connectivity index (χ0v) is 19.7. The van der Waals surface area contributed by atoms with E-state index < -0.39 is 11.2 Å². The number of amides is 2. The van der Waals surface area contributed by atoms with Crippen molar-refractivity contribution >= 4 is 35.0 Å². The minimum absolute atomic E-state index is 0.164. The Morgan fingerprint density at radius 2 is 1.77 bits per heavy atom. The Kier molecular flexibility index (Phi) is 7.48. The van der Waals surface area contributed by atoms with Crippen LogP contribution in [-0.4, -0.2) is 23.7 Å². The smallest absolute Gasteiger partial charge is 0.269 e. The molecule has 8 heteroatoms. The van der Waals surface area contributed by atoms with Gasteiger partial charge in [-0.15, -0.1) is 0 Å². The van der Waals surface area contributed by atoms with E-state index in [0.29, 0.717) is 30.2 Å². The molecule has 1 heterocycles. The second kappa shape index (κ2) is 10.9. The summed E-state index contributed by atoms with van der Waals surface area (Å²) in [5.41, 5.74) is 1.67. The predicted octanol–water partition coefficient (Wildman–Crippen LogP) is 5.29. The second-order valence-corrected chi connectivity index (χ2v) is 8.84. The first-order valence-corrected chi connectivity index (χ1v) is 11.9. The lowest BCUT2D eigenvalue weighted by Gasteiger charge is -2.19. The standard InChI is InChI=1S/C27H22FN3O3S/c1-2-34-22-14-12-21(13-15-22)31-26(33)24(16-18-8-10-19(28)11-9-18)35-27(31)23(17-29)25(32)30-20-6-4-3-5-7-20/h3-15,24H,2,16H2,1H3,(H,30,32)/b27-23-. The number of hydrogen-bond acceptors (Lipinski definition) is 5. The van der Waals surface area contributed by atoms with Gasteiger partial charge in [-0.25, -0.2) is 4.39 Å². The van der Waals surface area contributed by atoms with Crippen molar-refractivity contribution in [3.63, 3.8) is 0 Å². The van der Waals surface area contributed by atoms with Gasteiger partial charge in [-0.2, -0.15) is 5.26 Å². The van der Waals surface area contributed by atoms with E-state index >= 15 is 0 Å². The highest BCUT2D eigenvalue weighted by molar-refractivity contribution is 8.05. The van der Waals surface area contributed by atoms with Gasteiger partial charge in [-0.05, 0) is 67.4 Å². The van der Waals surface area contributed by atoms with Gasteiger partial charge in [0, 0.05) is 11.4 Å². The molecule has 0 spiro atoms. The van der Waals surface area contributed by atoms with Crippen LogP contribution < -0.4 is 15.0 Å². The molecule has 35 heavy (non-hydrogen) atoms. The summed E-state index contributed by atoms with van der Waals surface area (Å²) >= 11 is 1.15. The van der Waals surface area contributed by atoms with Crippen LogP contribution in [0.3, 0.4) is 0 Å². The number of nitriles is 1. The van der Waals surface area contributed by atoms with E-state index in [9.17, 15) is 19.2 Å². The third-order valence-corrected chi connectivity index (χ3v) is 6.54. The molecular weight excluding hydrogens is 465 g/mol. The summed E-state index contributed by atoms with van der Waals surface area (Å²) in [5, 5.41) is 12.3. The van der Waals surface area contributed by atoms with Crippen LogP contribution in [0.15, 0.2) is 89.5 Å². The van der Waals surface area contributed by atoms with Gasteiger partial charge in [0.1, 0.15) is 28.2 Å². The molecule has 176 valence electrons. The molecule has 1 fully saturated rings. The SMILES string of the molecule is CCOc1ccc(N2C(=O)C(Cc3ccc(F)cc3)S/C2=C(/C#N)C(=O)Nc2ccccc2)cc1. The fraction of sp³-hybridized carbons (Fsp3) is 0.148. The van der Waals surface area contributed by atoms with Gasteiger partial charge in [0.2, 0.25) is 5.91 Å². The van der Waals surface area contributed by atoms with Gasteiger partial charge in [-0.1, -0.05) is 42.1 Å². The third kappa shape index (κ3) is 5.53. The maximum atomic E-state index is 13.5. The highest BCUT2D eigenvalue weighted by Gasteiger charge is 2.40. The molecule has 2 amide bonds. The molecule has 1 saturated heterocycles. The summed E-state index contributed by atoms with van der Waals surface area (Å²) < 4.78 is 18.8. The number of anilines is 2. The molecule has 3 aromatic rings. The number of rotatable bonds is 7. The molecule has 0 aromatic heterocycles. The van der Waals surface area contributed by atoms with Gasteiger partial charge < -0.3 is 10.1 Å². The fourth-order valence-electron chi connectivity index (χ4n) is 3.63. The molecule has 0 bridgehead atoms. The first-order valence-electron chi connectivity index (χ1n) is 11.0. The normalized spacial score (nSPS) is 16.5. The van der Waals surface area contributed by atoms with Gasteiger partial charge in [-0.3, -0.25) is 14.5 Å². The first-order chi connectivity index (χ1) is 17.0. The Labute approximate surface area is 207 Å². The molecule has 1 aliphatic heterocycles. The molecule has 4 rings (SSSR count). The zero-order chi connectivity index (χ0) is 24.8. The van der Waals surface area contributed by atoms with Crippen LogP contribution in [0.2, 0.25) is 0 Å². The van der Waals surface area contributed by atoms with Gasteiger partial charge >= 0.3 is 0 Å². The van der Waals surface area contributed by atoms with Crippen LogP contribution in [0.4, 0.5) is 15.8 Å². The number of benzene rings is 3. The van der Waals surface area contributed by atoms with Crippen molar-refractivity contribution in [1.29, 1.82) is 5.26 Å². The number of thioether (sulfide) groups is 1. The number of halogens is 1. The summed E-state index contributed by atoms with van der Waals surface area (Å²) in [6, 6.07) is 23.6. The van der Waals surface area contributed by atoms with Crippen LogP contribution in [-0.2, 0) is 16.0 Å². The van der Waals surface area contributed by atoms with Crippen LogP contribution >= 0.6 is 11.8 Å². The van der Waals surface area contributed by atoms with Crippen molar-refractivity contribution in [2.45, 2.75) is 18.6 Å². The molecule has 0 radical (unpaired) electrons. The summed E-state index contributed by atoms with van der Waals surface area (Å²) in [7, 11) is 0. The van der Waals surface area contributed by atoms with E-state index in [0.717, 1.165) is 17.3 Å². The predicted molar refractivity (Wildman–Crippen MR) is 134 cm³/mol. The van der Waals surface area contributed by atoms with Crippen LogP contribution in [0.1, 0.15) is 12.5 Å². The summed E-state index contributed by atoms with van der Waals surface area (Å²) in [6.45, 7) is 2.38. The Bertz CT molecular complexity index is 1290. The average molecular weight is 488 g/mol. The first kappa shape index (κ1) is 24.0. The van der Waals surface area contributed by atoms with Crippen LogP contribution in [0.5, 0.6) is 5.75 Å². The minimum Gasteiger partial charge on any atom is -0.494 e. The van der Waals surface area contributed by atoms with Crippen LogP contribution in [0, 0.1) is 17.1 Å². The van der Waals surface area contributed by atoms with Crippen molar-refractivity contribution < 1.29 is 18.7 Å². The highest BCUT2D eigenvalue weighted by Crippen LogP contribution is 2.42. The maximum absolute atomic E-state index is 13.5. The number of carbonyl (C=O) groups excluding carboxylic acids is 2. The van der Waals surface area contributed by atoms with Gasteiger partial charge in [0.25, 0.3) is 5.91 Å². The summed E-state index contributed by atoms with van der Waals surface area (Å²) in [6.07, 6.45) is 0.319. The number of nitrogens with zero attached hydrogens (tertiary/aromatic N) is 2. The lowest BCUT2D eigenvalue weighted by atomic mass is 10.1. The van der Waals surface area contributed by atoms with Crippen LogP contribution in [0.25, 0.3) is 0 Å². The molecule has 1 atom stereocenters. The Morgan fingerprint density at radius 1 is 1.09 bits per heavy atom. The summed E-state index contributed by atoms with van der Waals surface area (Å²) in [5.74, 6) is -0.586. The van der Waals surface area contributed by atoms with Gasteiger partial charge in [0.05, 0.1) is 11.9 Å². The number of nitrogens with one attached hydrogen (secondary N) is 1. The fourth-order valence-corrected chi connectivity index (χ4v) is 4.94. The number of carbonyl (C=O) groups is 2. The topological polar surface area (TPSA) is 82.4 Å². The van der Waals surface area contributed by atoms with Crippen molar-refractivity contribution in [2.24, 2.45) is 0 Å². The summed E-state index contributed by atoms with van der Waals surface area (Å²) in [4.78, 5) is 28.0. The third-order valence-electron chi connectivity index (χ3n) is 5.28. The molecule has 6 nitrogen and oxygen atoms in total. The van der Waals surface area contributed by atoms with E-state index in [1.165, 1.54) is 17.0 Å². The quantitative estimate of drug-likeness (QED) is 0.362. The molecule has 1 aliphatic rings. The number of ether oxygens (including phenoxy) is 1. The zero-order valence-electron chi connectivity index (χ0n) is 18.9.